The SMILES string of the molecule is COC(=O)[C@]1(C)C[C@@H](CO)[C@@H](c2ccccc2Cl)N1. The van der Waals surface area contributed by atoms with E-state index in [-0.39, 0.29) is 24.5 Å². The summed E-state index contributed by atoms with van der Waals surface area (Å²) < 4.78 is 4.83. The van der Waals surface area contributed by atoms with Crippen LogP contribution in [0.1, 0.15) is 24.9 Å². The minimum absolute atomic E-state index is 0.00449. The zero-order chi connectivity index (χ0) is 14.0. The van der Waals surface area contributed by atoms with E-state index in [0.717, 1.165) is 5.56 Å². The number of aliphatic hydroxyl groups is 1. The standard InChI is InChI=1S/C14H18ClNO3/c1-14(13(18)19-2)7-9(8-17)12(16-14)10-5-3-4-6-11(10)15/h3-6,9,12,16-17H,7-8H2,1-2H3/t9-,12-,14-/m0/s1. The number of carbonyl (C=O) groups excluding carboxylic acids is 1. The number of hydrogen-bond donors (Lipinski definition) is 2. The molecule has 0 radical (unpaired) electrons. The maximum absolute atomic E-state index is 11.9. The molecule has 0 aliphatic carbocycles. The summed E-state index contributed by atoms with van der Waals surface area (Å²) in [5, 5.41) is 13.4. The van der Waals surface area contributed by atoms with Gasteiger partial charge in [0, 0.05) is 23.6 Å². The Morgan fingerprint density at radius 3 is 2.84 bits per heavy atom. The fourth-order valence-corrected chi connectivity index (χ4v) is 3.01. The number of rotatable bonds is 3. The average molecular weight is 284 g/mol. The Bertz CT molecular complexity index is 480. The van der Waals surface area contributed by atoms with Crippen molar-refractivity contribution in [2.75, 3.05) is 13.7 Å². The van der Waals surface area contributed by atoms with E-state index < -0.39 is 5.54 Å². The Morgan fingerprint density at radius 1 is 1.58 bits per heavy atom. The Kier molecular flexibility index (Phi) is 4.13. The number of methoxy groups -OCH3 is 1. The van der Waals surface area contributed by atoms with Crippen LogP contribution in [0.15, 0.2) is 24.3 Å². The van der Waals surface area contributed by atoms with E-state index in [1.807, 2.05) is 18.2 Å². The van der Waals surface area contributed by atoms with Crippen molar-refractivity contribution in [1.29, 1.82) is 0 Å². The predicted octanol–water partition coefficient (Wildman–Crippen LogP) is 1.91. The van der Waals surface area contributed by atoms with E-state index in [1.165, 1.54) is 7.11 Å². The smallest absolute Gasteiger partial charge is 0.325 e. The van der Waals surface area contributed by atoms with Crippen LogP contribution in [0.3, 0.4) is 0 Å². The zero-order valence-electron chi connectivity index (χ0n) is 11.0. The molecule has 3 atom stereocenters. The van der Waals surface area contributed by atoms with Gasteiger partial charge in [-0.1, -0.05) is 29.8 Å². The molecule has 1 aromatic rings. The molecule has 1 saturated heterocycles. The second kappa shape index (κ2) is 5.49. The monoisotopic (exact) mass is 283 g/mol. The topological polar surface area (TPSA) is 58.6 Å². The number of hydrogen-bond acceptors (Lipinski definition) is 4. The highest BCUT2D eigenvalue weighted by molar-refractivity contribution is 6.31. The predicted molar refractivity (Wildman–Crippen MR) is 72.9 cm³/mol. The Hall–Kier alpha value is -1.10. The Morgan fingerprint density at radius 2 is 2.26 bits per heavy atom. The lowest BCUT2D eigenvalue weighted by atomic mass is 9.91. The molecule has 1 heterocycles. The molecule has 1 aliphatic rings. The van der Waals surface area contributed by atoms with Gasteiger partial charge in [0.15, 0.2) is 0 Å². The van der Waals surface area contributed by atoms with Crippen molar-refractivity contribution in [3.05, 3.63) is 34.9 Å². The number of halogens is 1. The van der Waals surface area contributed by atoms with E-state index in [0.29, 0.717) is 11.4 Å². The van der Waals surface area contributed by atoms with Crippen LogP contribution >= 0.6 is 11.6 Å². The molecule has 0 spiro atoms. The number of ether oxygens (including phenoxy) is 1. The molecule has 0 aromatic heterocycles. The fraction of sp³-hybridized carbons (Fsp3) is 0.500. The maximum Gasteiger partial charge on any atom is 0.325 e. The van der Waals surface area contributed by atoms with Gasteiger partial charge in [0.25, 0.3) is 0 Å². The van der Waals surface area contributed by atoms with Crippen LogP contribution in [-0.2, 0) is 9.53 Å². The number of aliphatic hydroxyl groups excluding tert-OH is 1. The van der Waals surface area contributed by atoms with Crippen molar-refractivity contribution in [3.63, 3.8) is 0 Å². The number of benzene rings is 1. The second-order valence-electron chi connectivity index (χ2n) is 5.11. The van der Waals surface area contributed by atoms with Crippen LogP contribution in [0.4, 0.5) is 0 Å². The quantitative estimate of drug-likeness (QED) is 0.832. The van der Waals surface area contributed by atoms with Gasteiger partial charge in [0.05, 0.1) is 7.11 Å². The van der Waals surface area contributed by atoms with Crippen molar-refractivity contribution >= 4 is 17.6 Å². The van der Waals surface area contributed by atoms with Crippen LogP contribution in [-0.4, -0.2) is 30.3 Å². The molecule has 5 heteroatoms. The normalized spacial score (nSPS) is 30.3. The lowest BCUT2D eigenvalue weighted by Gasteiger charge is -2.23. The average Bonchev–Trinajstić information content (AvgIpc) is 2.77. The third kappa shape index (κ3) is 2.61. The summed E-state index contributed by atoms with van der Waals surface area (Å²) >= 11 is 6.20. The summed E-state index contributed by atoms with van der Waals surface area (Å²) in [6.45, 7) is 1.79. The number of carbonyl (C=O) groups is 1. The summed E-state index contributed by atoms with van der Waals surface area (Å²) in [6, 6.07) is 7.31. The van der Waals surface area contributed by atoms with Gasteiger partial charge in [-0.15, -0.1) is 0 Å². The molecule has 0 unspecified atom stereocenters. The number of nitrogens with one attached hydrogen (secondary N) is 1. The molecule has 2 rings (SSSR count). The van der Waals surface area contributed by atoms with E-state index in [4.69, 9.17) is 16.3 Å². The highest BCUT2D eigenvalue weighted by Gasteiger charge is 2.47. The van der Waals surface area contributed by atoms with Crippen LogP contribution in [0.5, 0.6) is 0 Å². The maximum atomic E-state index is 11.9. The second-order valence-corrected chi connectivity index (χ2v) is 5.52. The van der Waals surface area contributed by atoms with Crippen molar-refractivity contribution in [1.82, 2.24) is 5.32 Å². The molecule has 104 valence electrons. The first-order chi connectivity index (χ1) is 9.01. The first-order valence-electron chi connectivity index (χ1n) is 6.23. The molecule has 1 aliphatic heterocycles. The summed E-state index contributed by atoms with van der Waals surface area (Å²) in [5.41, 5.74) is 0.113. The summed E-state index contributed by atoms with van der Waals surface area (Å²) in [4.78, 5) is 11.9. The Balaban J connectivity index is 2.31. The highest BCUT2D eigenvalue weighted by Crippen LogP contribution is 2.40. The molecular formula is C14H18ClNO3. The molecule has 19 heavy (non-hydrogen) atoms. The van der Waals surface area contributed by atoms with Crippen molar-refractivity contribution < 1.29 is 14.6 Å². The Labute approximate surface area is 117 Å². The molecule has 4 nitrogen and oxygen atoms in total. The van der Waals surface area contributed by atoms with Gasteiger partial charge >= 0.3 is 5.97 Å². The van der Waals surface area contributed by atoms with Gasteiger partial charge in [-0.25, -0.2) is 0 Å². The van der Waals surface area contributed by atoms with E-state index >= 15 is 0 Å². The van der Waals surface area contributed by atoms with Gasteiger partial charge < -0.3 is 9.84 Å². The third-order valence-corrected chi connectivity index (χ3v) is 4.07. The molecule has 0 bridgehead atoms. The number of esters is 1. The van der Waals surface area contributed by atoms with Crippen LogP contribution in [0, 0.1) is 5.92 Å². The van der Waals surface area contributed by atoms with Gasteiger partial charge in [0.2, 0.25) is 0 Å². The summed E-state index contributed by atoms with van der Waals surface area (Å²) in [6.07, 6.45) is 0.520. The van der Waals surface area contributed by atoms with E-state index in [9.17, 15) is 9.90 Å². The molecule has 0 amide bonds. The van der Waals surface area contributed by atoms with Crippen LogP contribution in [0.25, 0.3) is 0 Å². The first-order valence-corrected chi connectivity index (χ1v) is 6.61. The minimum Gasteiger partial charge on any atom is -0.468 e. The summed E-state index contributed by atoms with van der Waals surface area (Å²) in [5.74, 6) is -0.385. The first kappa shape index (κ1) is 14.3. The van der Waals surface area contributed by atoms with Gasteiger partial charge in [-0.2, -0.15) is 0 Å². The minimum atomic E-state index is -0.786. The third-order valence-electron chi connectivity index (χ3n) is 3.73. The molecule has 1 fully saturated rings. The fourth-order valence-electron chi connectivity index (χ4n) is 2.76. The van der Waals surface area contributed by atoms with Crippen molar-refractivity contribution in [2.24, 2.45) is 5.92 Å². The van der Waals surface area contributed by atoms with Crippen molar-refractivity contribution in [3.8, 4) is 0 Å². The van der Waals surface area contributed by atoms with Crippen LogP contribution < -0.4 is 5.32 Å². The van der Waals surface area contributed by atoms with E-state index in [1.54, 1.807) is 13.0 Å². The molecular weight excluding hydrogens is 266 g/mol. The molecule has 2 N–H and O–H groups in total. The van der Waals surface area contributed by atoms with Crippen LogP contribution in [0.2, 0.25) is 5.02 Å². The lowest BCUT2D eigenvalue weighted by Crippen LogP contribution is -2.46. The molecule has 1 aromatic carbocycles. The van der Waals surface area contributed by atoms with Crippen molar-refractivity contribution in [2.45, 2.75) is 24.9 Å². The van der Waals surface area contributed by atoms with Gasteiger partial charge in [-0.05, 0) is 25.0 Å². The largest absolute Gasteiger partial charge is 0.468 e. The van der Waals surface area contributed by atoms with Gasteiger partial charge in [-0.3, -0.25) is 10.1 Å². The summed E-state index contributed by atoms with van der Waals surface area (Å²) in [7, 11) is 1.37. The lowest BCUT2D eigenvalue weighted by molar-refractivity contribution is -0.147. The highest BCUT2D eigenvalue weighted by atomic mass is 35.5. The molecule has 0 saturated carbocycles. The van der Waals surface area contributed by atoms with Gasteiger partial charge in [0.1, 0.15) is 5.54 Å². The zero-order valence-corrected chi connectivity index (χ0v) is 11.8. The van der Waals surface area contributed by atoms with E-state index in [2.05, 4.69) is 5.32 Å².